The number of likely N-dealkylation sites (N-methyl/N-ethyl adjacent to an activating group) is 1. The highest BCUT2D eigenvalue weighted by Crippen LogP contribution is 2.41. The van der Waals surface area contributed by atoms with Crippen molar-refractivity contribution in [2.75, 3.05) is 59.4 Å². The van der Waals surface area contributed by atoms with Crippen molar-refractivity contribution in [2.45, 2.75) is 44.6 Å². The molecular weight excluding hydrogens is 682 g/mol. The first-order valence-corrected chi connectivity index (χ1v) is 17.9. The number of hydrogen-bond acceptors (Lipinski definition) is 8. The lowest BCUT2D eigenvalue weighted by molar-refractivity contribution is -0.128. The number of rotatable bonds is 8. The number of pyridine rings is 1. The number of carbonyl (C=O) groups excluding carboxylic acids is 3. The first kappa shape index (κ1) is 36.9. The minimum Gasteiger partial charge on any atom is -0.481 e. The molecule has 0 radical (unpaired) electrons. The lowest BCUT2D eigenvalue weighted by Crippen LogP contribution is -2.59. The summed E-state index contributed by atoms with van der Waals surface area (Å²) in [5.74, 6) is 0.194. The molecule has 2 saturated heterocycles. The van der Waals surface area contributed by atoms with Gasteiger partial charge in [-0.25, -0.2) is 9.78 Å². The van der Waals surface area contributed by atoms with Crippen LogP contribution >= 0.6 is 11.6 Å². The molecule has 52 heavy (non-hydrogen) atoms. The molecule has 2 aromatic carbocycles. The Bertz CT molecular complexity index is 1920. The van der Waals surface area contributed by atoms with Gasteiger partial charge in [-0.3, -0.25) is 14.5 Å². The fourth-order valence-electron chi connectivity index (χ4n) is 7.18. The number of anilines is 1. The maximum absolute atomic E-state index is 13.3. The highest BCUT2D eigenvalue weighted by molar-refractivity contribution is 6.36. The van der Waals surface area contributed by atoms with Gasteiger partial charge in [0.05, 0.1) is 30.0 Å². The minimum atomic E-state index is -0.508. The normalized spacial score (nSPS) is 19.4. The van der Waals surface area contributed by atoms with E-state index in [1.54, 1.807) is 32.2 Å². The van der Waals surface area contributed by atoms with Crippen LogP contribution in [0.4, 0.5) is 10.5 Å². The predicted octanol–water partition coefficient (Wildman–Crippen LogP) is 5.01. The first-order valence-electron chi connectivity index (χ1n) is 17.5. The average Bonchev–Trinajstić information content (AvgIpc) is 3.81. The summed E-state index contributed by atoms with van der Waals surface area (Å²) < 4.78 is 10.8. The Balaban J connectivity index is 0.000000357. The number of aryl methyl sites for hydroxylation is 1. The van der Waals surface area contributed by atoms with E-state index in [-0.39, 0.29) is 17.1 Å². The van der Waals surface area contributed by atoms with Crippen LogP contribution < -0.4 is 26.0 Å². The molecule has 12 nitrogen and oxygen atoms in total. The van der Waals surface area contributed by atoms with E-state index in [4.69, 9.17) is 26.1 Å². The second kappa shape index (κ2) is 15.8. The average molecular weight is 728 g/mol. The molecular formula is C39H46ClN7O5. The number of methoxy groups -OCH3 is 2. The third-order valence-corrected chi connectivity index (χ3v) is 10.6. The third-order valence-electron chi connectivity index (χ3n) is 10.2. The first-order chi connectivity index (χ1) is 25.1. The number of nitrogens with zero attached hydrogens (tertiary/aromatic N) is 3. The molecule has 4 heterocycles. The summed E-state index contributed by atoms with van der Waals surface area (Å²) in [5.41, 5.74) is 7.15. The fraction of sp³-hybridized carbons (Fsp3) is 0.385. The van der Waals surface area contributed by atoms with E-state index in [1.807, 2.05) is 37.3 Å². The molecule has 7 rings (SSSR count). The number of urea groups is 1. The van der Waals surface area contributed by atoms with Crippen molar-refractivity contribution in [2.24, 2.45) is 0 Å². The Labute approximate surface area is 309 Å². The van der Waals surface area contributed by atoms with Crippen LogP contribution in [0, 0.1) is 6.92 Å². The summed E-state index contributed by atoms with van der Waals surface area (Å²) in [7, 11) is 4.83. The van der Waals surface area contributed by atoms with Crippen LogP contribution in [-0.2, 0) is 27.2 Å². The van der Waals surface area contributed by atoms with Gasteiger partial charge < -0.3 is 35.6 Å². The minimum absolute atomic E-state index is 0.0115. The molecule has 3 aromatic rings. The van der Waals surface area contributed by atoms with Gasteiger partial charge in [0.25, 0.3) is 11.8 Å². The summed E-state index contributed by atoms with van der Waals surface area (Å²) in [6, 6.07) is 13.6. The number of amides is 4. The molecule has 1 aromatic heterocycles. The molecule has 0 bridgehead atoms. The van der Waals surface area contributed by atoms with Crippen LogP contribution in [0.5, 0.6) is 5.88 Å². The van der Waals surface area contributed by atoms with Crippen LogP contribution in [0.2, 0.25) is 5.02 Å². The van der Waals surface area contributed by atoms with Gasteiger partial charge in [0.15, 0.2) is 0 Å². The standard InChI is InChI=1S/C32H33ClN4O4.C7H13N3O/c1-19-22(24-12-7-13-25(29(24)33)28-17-21-9-6-11-23(21)31(35-28)41-5)10-8-14-27(19)34-30(38)26-18-37(15-16-40-4)20(2)36(3)32(26)39;11-6-9-4-2-7(10-6)1-3-8-5-7/h7-8,10,12-14,17-18H,2,6,9,11,15-16H2,1,3-5H3,(H,34,38);8H,1-5H2,(H2,9,10,11). The van der Waals surface area contributed by atoms with Crippen LogP contribution in [0.25, 0.3) is 22.4 Å². The van der Waals surface area contributed by atoms with Crippen LogP contribution in [0.15, 0.2) is 66.6 Å². The molecule has 4 amide bonds. The van der Waals surface area contributed by atoms with E-state index in [0.717, 1.165) is 79.7 Å². The Morgan fingerprint density at radius 2 is 1.83 bits per heavy atom. The SMILES string of the molecule is C=C1N(CCOC)C=C(C(=O)Nc2cccc(-c3cccc(-c4cc5c(c(OC)n4)CCC5)c3Cl)c2C)C(=O)N1C.O=C1NCCC2(CCNC2)N1. The van der Waals surface area contributed by atoms with Crippen molar-refractivity contribution >= 4 is 35.1 Å². The van der Waals surface area contributed by atoms with Crippen molar-refractivity contribution in [1.29, 1.82) is 0 Å². The van der Waals surface area contributed by atoms with Crippen molar-refractivity contribution < 1.29 is 23.9 Å². The Morgan fingerprint density at radius 1 is 1.08 bits per heavy atom. The van der Waals surface area contributed by atoms with E-state index >= 15 is 0 Å². The summed E-state index contributed by atoms with van der Waals surface area (Å²) >= 11 is 7.03. The monoisotopic (exact) mass is 727 g/mol. The van der Waals surface area contributed by atoms with E-state index in [0.29, 0.717) is 35.6 Å². The molecule has 4 aliphatic rings. The highest BCUT2D eigenvalue weighted by atomic mass is 35.5. The summed E-state index contributed by atoms with van der Waals surface area (Å²) in [4.78, 5) is 45.1. The summed E-state index contributed by atoms with van der Waals surface area (Å²) in [6.07, 6.45) is 6.69. The van der Waals surface area contributed by atoms with E-state index in [1.165, 1.54) is 22.2 Å². The largest absolute Gasteiger partial charge is 0.481 e. The topological polar surface area (TPSA) is 137 Å². The number of carbonyl (C=O) groups is 3. The zero-order valence-electron chi connectivity index (χ0n) is 30.2. The summed E-state index contributed by atoms with van der Waals surface area (Å²) in [6.45, 7) is 9.52. The highest BCUT2D eigenvalue weighted by Gasteiger charge is 2.37. The van der Waals surface area contributed by atoms with Gasteiger partial charge in [0.2, 0.25) is 5.88 Å². The molecule has 4 N–H and O–H groups in total. The predicted molar refractivity (Wildman–Crippen MR) is 202 cm³/mol. The van der Waals surface area contributed by atoms with Gasteiger partial charge in [0.1, 0.15) is 11.4 Å². The van der Waals surface area contributed by atoms with E-state index in [9.17, 15) is 14.4 Å². The zero-order chi connectivity index (χ0) is 37.0. The lowest BCUT2D eigenvalue weighted by atomic mass is 9.93. The number of hydrogen-bond donors (Lipinski definition) is 4. The van der Waals surface area contributed by atoms with Gasteiger partial charge in [-0.05, 0) is 74.4 Å². The molecule has 274 valence electrons. The number of benzene rings is 2. The molecule has 1 atom stereocenters. The molecule has 1 spiro atoms. The van der Waals surface area contributed by atoms with Crippen molar-refractivity contribution in [3.05, 3.63) is 88.4 Å². The summed E-state index contributed by atoms with van der Waals surface area (Å²) in [5, 5.41) is 12.5. The molecule has 1 unspecified atom stereocenters. The third kappa shape index (κ3) is 7.50. The number of fused-ring (bicyclic) bond motifs is 1. The molecule has 13 heteroatoms. The van der Waals surface area contributed by atoms with Gasteiger partial charge >= 0.3 is 6.03 Å². The maximum atomic E-state index is 13.3. The maximum Gasteiger partial charge on any atom is 0.315 e. The second-order valence-corrected chi connectivity index (χ2v) is 13.8. The number of halogens is 1. The lowest BCUT2D eigenvalue weighted by Gasteiger charge is -2.34. The van der Waals surface area contributed by atoms with Crippen molar-refractivity contribution in [3.63, 3.8) is 0 Å². The van der Waals surface area contributed by atoms with Crippen LogP contribution in [0.3, 0.4) is 0 Å². The van der Waals surface area contributed by atoms with Crippen LogP contribution in [0.1, 0.15) is 36.0 Å². The molecule has 3 aliphatic heterocycles. The Morgan fingerprint density at radius 3 is 2.56 bits per heavy atom. The quantitative estimate of drug-likeness (QED) is 0.238. The Kier molecular flexibility index (Phi) is 11.2. The van der Waals surface area contributed by atoms with Crippen LogP contribution in [-0.4, -0.2) is 92.2 Å². The fourth-order valence-corrected chi connectivity index (χ4v) is 7.51. The number of ether oxygens (including phenoxy) is 2. The van der Waals surface area contributed by atoms with Gasteiger partial charge in [-0.2, -0.15) is 0 Å². The van der Waals surface area contributed by atoms with Gasteiger partial charge in [-0.15, -0.1) is 0 Å². The number of aromatic nitrogens is 1. The van der Waals surface area contributed by atoms with Gasteiger partial charge in [-0.1, -0.05) is 48.5 Å². The van der Waals surface area contributed by atoms with E-state index in [2.05, 4.69) is 33.9 Å². The number of nitrogens with one attached hydrogen (secondary N) is 4. The Hall–Kier alpha value is -4.91. The van der Waals surface area contributed by atoms with Crippen molar-refractivity contribution in [1.82, 2.24) is 30.7 Å². The van der Waals surface area contributed by atoms with Crippen molar-refractivity contribution in [3.8, 4) is 28.3 Å². The van der Waals surface area contributed by atoms with E-state index < -0.39 is 11.8 Å². The smallest absolute Gasteiger partial charge is 0.315 e. The second-order valence-electron chi connectivity index (χ2n) is 13.5. The molecule has 2 fully saturated rings. The molecule has 0 saturated carbocycles. The zero-order valence-corrected chi connectivity index (χ0v) is 30.9. The molecule has 1 aliphatic carbocycles. The van der Waals surface area contributed by atoms with Gasteiger partial charge in [0, 0.05) is 62.4 Å².